The number of aromatic carboxylic acids is 1. The molecule has 0 unspecified atom stereocenters. The van der Waals surface area contributed by atoms with Gasteiger partial charge in [0.15, 0.2) is 11.6 Å². The third-order valence-electron chi connectivity index (χ3n) is 2.95. The molecule has 0 saturated carbocycles. The lowest BCUT2D eigenvalue weighted by Gasteiger charge is -2.03. The first-order chi connectivity index (χ1) is 9.58. The van der Waals surface area contributed by atoms with Gasteiger partial charge in [-0.3, -0.25) is 4.40 Å². The Labute approximate surface area is 118 Å². The zero-order chi connectivity index (χ0) is 14.3. The number of nitrogens with zero attached hydrogens (tertiary/aromatic N) is 2. The number of carboxylic acids is 1. The van der Waals surface area contributed by atoms with E-state index < -0.39 is 5.97 Å². The number of rotatable bonds is 2. The van der Waals surface area contributed by atoms with Gasteiger partial charge in [-0.2, -0.15) is 0 Å². The lowest BCUT2D eigenvalue weighted by Crippen LogP contribution is -1.97. The molecule has 0 bridgehead atoms. The van der Waals surface area contributed by atoms with Crippen LogP contribution in [0, 0.1) is 0 Å². The number of imidazole rings is 1. The molecule has 6 heteroatoms. The molecule has 3 rings (SSSR count). The second kappa shape index (κ2) is 4.54. The van der Waals surface area contributed by atoms with Crippen LogP contribution in [0.4, 0.5) is 0 Å². The molecule has 1 aromatic carbocycles. The molecule has 0 amide bonds. The fourth-order valence-electron chi connectivity index (χ4n) is 2.07. The van der Waals surface area contributed by atoms with E-state index in [4.69, 9.17) is 11.6 Å². The highest BCUT2D eigenvalue weighted by Crippen LogP contribution is 2.27. The minimum atomic E-state index is -1.15. The Bertz CT molecular complexity index is 809. The van der Waals surface area contributed by atoms with Gasteiger partial charge >= 0.3 is 5.97 Å². The average molecular weight is 289 g/mol. The van der Waals surface area contributed by atoms with E-state index in [0.717, 1.165) is 0 Å². The predicted octanol–water partition coefficient (Wildman–Crippen LogP) is 3.06. The summed E-state index contributed by atoms with van der Waals surface area (Å²) in [6, 6.07) is 11.4. The number of benzene rings is 1. The lowest BCUT2D eigenvalue weighted by atomic mass is 10.2. The smallest absolute Gasteiger partial charge is 0.356 e. The van der Waals surface area contributed by atoms with Gasteiger partial charge in [-0.1, -0.05) is 17.7 Å². The minimum Gasteiger partial charge on any atom is -0.494 e. The standard InChI is InChI=1S/C14H9ClN2O3/c15-9-6-4-8(5-7-9)13-16-12(14(19)20)10-2-1-3-11(18)17(10)13/h1-7,18H,(H,19,20). The van der Waals surface area contributed by atoms with Gasteiger partial charge in [0.1, 0.15) is 5.82 Å². The van der Waals surface area contributed by atoms with Crippen LogP contribution in [0.2, 0.25) is 5.02 Å². The van der Waals surface area contributed by atoms with Crippen molar-refractivity contribution in [1.29, 1.82) is 0 Å². The SMILES string of the molecule is O=C(O)c1nc(-c2ccc(Cl)cc2)n2c(O)cccc12. The highest BCUT2D eigenvalue weighted by Gasteiger charge is 2.19. The van der Waals surface area contributed by atoms with Crippen LogP contribution < -0.4 is 0 Å². The first-order valence-electron chi connectivity index (χ1n) is 5.77. The molecule has 0 spiro atoms. The Morgan fingerprint density at radius 3 is 2.50 bits per heavy atom. The molecule has 2 N–H and O–H groups in total. The summed E-state index contributed by atoms with van der Waals surface area (Å²) >= 11 is 5.83. The first-order valence-corrected chi connectivity index (χ1v) is 6.15. The largest absolute Gasteiger partial charge is 0.494 e. The monoisotopic (exact) mass is 288 g/mol. The van der Waals surface area contributed by atoms with E-state index in [1.807, 2.05) is 0 Å². The number of aromatic nitrogens is 2. The van der Waals surface area contributed by atoms with E-state index in [9.17, 15) is 15.0 Å². The van der Waals surface area contributed by atoms with Gasteiger partial charge in [-0.15, -0.1) is 0 Å². The number of carbonyl (C=O) groups is 1. The quantitative estimate of drug-likeness (QED) is 0.760. The van der Waals surface area contributed by atoms with Gasteiger partial charge in [-0.05, 0) is 36.4 Å². The van der Waals surface area contributed by atoms with Crippen molar-refractivity contribution in [2.75, 3.05) is 0 Å². The molecular weight excluding hydrogens is 280 g/mol. The Hall–Kier alpha value is -2.53. The van der Waals surface area contributed by atoms with Gasteiger partial charge in [-0.25, -0.2) is 9.78 Å². The van der Waals surface area contributed by atoms with E-state index in [2.05, 4.69) is 4.98 Å². The van der Waals surface area contributed by atoms with Crippen molar-refractivity contribution >= 4 is 23.1 Å². The second-order valence-electron chi connectivity index (χ2n) is 4.20. The molecule has 0 fully saturated rings. The molecule has 20 heavy (non-hydrogen) atoms. The minimum absolute atomic E-state index is 0.0764. The highest BCUT2D eigenvalue weighted by molar-refractivity contribution is 6.30. The fourth-order valence-corrected chi connectivity index (χ4v) is 2.19. The Morgan fingerprint density at radius 1 is 1.15 bits per heavy atom. The maximum atomic E-state index is 11.2. The van der Waals surface area contributed by atoms with Gasteiger partial charge < -0.3 is 10.2 Å². The van der Waals surface area contributed by atoms with E-state index in [0.29, 0.717) is 21.9 Å². The van der Waals surface area contributed by atoms with Gasteiger partial charge in [0.05, 0.1) is 5.52 Å². The Balaban J connectivity index is 2.35. The average Bonchev–Trinajstić information content (AvgIpc) is 2.81. The van der Waals surface area contributed by atoms with Crippen LogP contribution in [0.15, 0.2) is 42.5 Å². The first kappa shape index (κ1) is 12.5. The van der Waals surface area contributed by atoms with Gasteiger partial charge in [0.25, 0.3) is 0 Å². The number of halogens is 1. The Morgan fingerprint density at radius 2 is 1.85 bits per heavy atom. The summed E-state index contributed by atoms with van der Waals surface area (Å²) in [5.41, 5.74) is 0.895. The topological polar surface area (TPSA) is 74.8 Å². The van der Waals surface area contributed by atoms with Crippen molar-refractivity contribution in [3.63, 3.8) is 0 Å². The number of pyridine rings is 1. The van der Waals surface area contributed by atoms with E-state index in [1.54, 1.807) is 36.4 Å². The highest BCUT2D eigenvalue weighted by atomic mass is 35.5. The van der Waals surface area contributed by atoms with Crippen LogP contribution in [-0.2, 0) is 0 Å². The van der Waals surface area contributed by atoms with E-state index in [-0.39, 0.29) is 11.6 Å². The predicted molar refractivity (Wildman–Crippen MR) is 74.3 cm³/mol. The summed E-state index contributed by atoms with van der Waals surface area (Å²) < 4.78 is 1.40. The number of hydrogen-bond donors (Lipinski definition) is 2. The Kier molecular flexibility index (Phi) is 2.84. The molecule has 0 atom stereocenters. The zero-order valence-electron chi connectivity index (χ0n) is 10.1. The molecule has 0 aliphatic rings. The molecule has 0 aliphatic heterocycles. The van der Waals surface area contributed by atoms with Crippen LogP contribution in [-0.4, -0.2) is 25.6 Å². The molecule has 3 aromatic rings. The number of carboxylic acid groups (broad SMARTS) is 1. The van der Waals surface area contributed by atoms with E-state index >= 15 is 0 Å². The van der Waals surface area contributed by atoms with Crippen molar-refractivity contribution in [3.05, 3.63) is 53.2 Å². The van der Waals surface area contributed by atoms with Gasteiger partial charge in [0, 0.05) is 10.6 Å². The molecule has 100 valence electrons. The molecular formula is C14H9ClN2O3. The summed E-state index contributed by atoms with van der Waals surface area (Å²) in [7, 11) is 0. The normalized spacial score (nSPS) is 10.8. The van der Waals surface area contributed by atoms with Crippen LogP contribution >= 0.6 is 11.6 Å². The third-order valence-corrected chi connectivity index (χ3v) is 3.20. The maximum absolute atomic E-state index is 11.2. The summed E-state index contributed by atoms with van der Waals surface area (Å²) in [4.78, 5) is 15.4. The van der Waals surface area contributed by atoms with Crippen molar-refractivity contribution in [3.8, 4) is 17.3 Å². The van der Waals surface area contributed by atoms with Crippen molar-refractivity contribution in [2.45, 2.75) is 0 Å². The number of aromatic hydroxyl groups is 1. The molecule has 2 aromatic heterocycles. The van der Waals surface area contributed by atoms with Crippen LogP contribution in [0.3, 0.4) is 0 Å². The summed E-state index contributed by atoms with van der Waals surface area (Å²) in [6.45, 7) is 0. The molecule has 5 nitrogen and oxygen atoms in total. The number of hydrogen-bond acceptors (Lipinski definition) is 3. The molecule has 0 saturated heterocycles. The van der Waals surface area contributed by atoms with Crippen LogP contribution in [0.25, 0.3) is 16.9 Å². The fraction of sp³-hybridized carbons (Fsp3) is 0. The summed E-state index contributed by atoms with van der Waals surface area (Å²) in [5.74, 6) is -0.868. The summed E-state index contributed by atoms with van der Waals surface area (Å²) in [6.07, 6.45) is 0. The number of fused-ring (bicyclic) bond motifs is 1. The molecule has 0 aliphatic carbocycles. The molecule has 0 radical (unpaired) electrons. The van der Waals surface area contributed by atoms with Crippen molar-refractivity contribution < 1.29 is 15.0 Å². The van der Waals surface area contributed by atoms with Gasteiger partial charge in [0.2, 0.25) is 0 Å². The maximum Gasteiger partial charge on any atom is 0.356 e. The van der Waals surface area contributed by atoms with Crippen LogP contribution in [0.5, 0.6) is 5.88 Å². The second-order valence-corrected chi connectivity index (χ2v) is 4.64. The third kappa shape index (κ3) is 1.88. The lowest BCUT2D eigenvalue weighted by molar-refractivity contribution is 0.0693. The van der Waals surface area contributed by atoms with Crippen molar-refractivity contribution in [2.24, 2.45) is 0 Å². The zero-order valence-corrected chi connectivity index (χ0v) is 10.9. The van der Waals surface area contributed by atoms with E-state index in [1.165, 1.54) is 10.5 Å². The van der Waals surface area contributed by atoms with Crippen molar-refractivity contribution in [1.82, 2.24) is 9.38 Å². The molecule has 2 heterocycles. The summed E-state index contributed by atoms with van der Waals surface area (Å²) in [5, 5.41) is 19.7. The van der Waals surface area contributed by atoms with Crippen LogP contribution in [0.1, 0.15) is 10.5 Å².